The maximum atomic E-state index is 12.0. The highest BCUT2D eigenvalue weighted by molar-refractivity contribution is 5.91. The maximum absolute atomic E-state index is 12.0. The first-order valence-electron chi connectivity index (χ1n) is 7.89. The Hall–Kier alpha value is -2.83. The average Bonchev–Trinajstić information content (AvgIpc) is 3.15. The van der Waals surface area contributed by atoms with Gasteiger partial charge in [-0.05, 0) is 25.0 Å². The van der Waals surface area contributed by atoms with E-state index in [-0.39, 0.29) is 12.5 Å². The molecule has 1 aromatic carbocycles. The number of nitrogens with one attached hydrogen (secondary N) is 1. The molecule has 1 aromatic heterocycles. The van der Waals surface area contributed by atoms with E-state index in [0.29, 0.717) is 23.1 Å². The number of ether oxygens (including phenoxy) is 2. The van der Waals surface area contributed by atoms with Gasteiger partial charge < -0.3 is 19.7 Å². The van der Waals surface area contributed by atoms with Crippen molar-refractivity contribution >= 4 is 17.5 Å². The first-order chi connectivity index (χ1) is 11.8. The highest BCUT2D eigenvalue weighted by Gasteiger charge is 2.14. The number of benzene rings is 1. The molecule has 0 atom stereocenters. The third-order valence-electron chi connectivity index (χ3n) is 3.74. The Morgan fingerprint density at radius 2 is 1.83 bits per heavy atom. The molecule has 0 radical (unpaired) electrons. The van der Waals surface area contributed by atoms with Gasteiger partial charge in [-0.15, -0.1) is 0 Å². The molecule has 0 saturated carbocycles. The minimum absolute atomic E-state index is 0.117. The highest BCUT2D eigenvalue weighted by atomic mass is 16.5. The summed E-state index contributed by atoms with van der Waals surface area (Å²) < 4.78 is 10.7. The molecule has 1 N–H and O–H groups in total. The molecule has 7 nitrogen and oxygen atoms in total. The van der Waals surface area contributed by atoms with Crippen LogP contribution in [0.2, 0.25) is 0 Å². The second-order valence-electron chi connectivity index (χ2n) is 5.45. The normalized spacial score (nSPS) is 13.6. The summed E-state index contributed by atoms with van der Waals surface area (Å²) in [5, 5.41) is 2.72. The predicted octanol–water partition coefficient (Wildman–Crippen LogP) is 2.10. The third-order valence-corrected chi connectivity index (χ3v) is 3.74. The van der Waals surface area contributed by atoms with Gasteiger partial charge in [-0.1, -0.05) is 12.1 Å². The Morgan fingerprint density at radius 3 is 2.50 bits per heavy atom. The maximum Gasteiger partial charge on any atom is 0.262 e. The minimum atomic E-state index is -0.279. The van der Waals surface area contributed by atoms with E-state index in [2.05, 4.69) is 20.2 Å². The summed E-state index contributed by atoms with van der Waals surface area (Å²) >= 11 is 0. The molecule has 7 heteroatoms. The lowest BCUT2D eigenvalue weighted by atomic mass is 10.3. The molecule has 24 heavy (non-hydrogen) atoms. The van der Waals surface area contributed by atoms with Gasteiger partial charge in [0.25, 0.3) is 5.91 Å². The second kappa shape index (κ2) is 7.63. The Bertz CT molecular complexity index is 684. The number of aromatic nitrogens is 2. The van der Waals surface area contributed by atoms with E-state index < -0.39 is 0 Å². The van der Waals surface area contributed by atoms with Crippen molar-refractivity contribution in [2.75, 3.05) is 37.0 Å². The highest BCUT2D eigenvalue weighted by Crippen LogP contribution is 2.25. The van der Waals surface area contributed by atoms with Crippen LogP contribution in [0.4, 0.5) is 11.6 Å². The Labute approximate surface area is 140 Å². The monoisotopic (exact) mass is 328 g/mol. The molecule has 1 amide bonds. The predicted molar refractivity (Wildman–Crippen MR) is 90.6 cm³/mol. The molecule has 0 aliphatic carbocycles. The molecule has 2 aromatic rings. The van der Waals surface area contributed by atoms with Gasteiger partial charge in [-0.25, -0.2) is 9.97 Å². The van der Waals surface area contributed by atoms with E-state index in [1.165, 1.54) is 12.8 Å². The minimum Gasteiger partial charge on any atom is -0.493 e. The van der Waals surface area contributed by atoms with E-state index in [4.69, 9.17) is 9.47 Å². The van der Waals surface area contributed by atoms with Crippen LogP contribution in [0, 0.1) is 0 Å². The first kappa shape index (κ1) is 16.0. The topological polar surface area (TPSA) is 76.6 Å². The standard InChI is InChI=1S/C17H20N4O3/c1-23-14-6-2-3-7-15(14)24-12-16(22)20-13-10-18-17(19-11-13)21-8-4-5-9-21/h2-3,6-7,10-11H,4-5,8-9,12H2,1H3,(H,20,22). The van der Waals surface area contributed by atoms with Crippen molar-refractivity contribution in [1.29, 1.82) is 0 Å². The third kappa shape index (κ3) is 3.92. The first-order valence-corrected chi connectivity index (χ1v) is 7.89. The summed E-state index contributed by atoms with van der Waals surface area (Å²) in [5.74, 6) is 1.54. The number of carbonyl (C=O) groups is 1. The smallest absolute Gasteiger partial charge is 0.262 e. The van der Waals surface area contributed by atoms with Crippen LogP contribution < -0.4 is 19.7 Å². The van der Waals surface area contributed by atoms with Gasteiger partial charge in [0.15, 0.2) is 18.1 Å². The van der Waals surface area contributed by atoms with Gasteiger partial charge in [-0.3, -0.25) is 4.79 Å². The molecule has 0 bridgehead atoms. The number of amides is 1. The molecule has 0 unspecified atom stereocenters. The Balaban J connectivity index is 1.53. The van der Waals surface area contributed by atoms with Crippen LogP contribution in [-0.4, -0.2) is 42.7 Å². The molecule has 1 aliphatic heterocycles. The fourth-order valence-corrected chi connectivity index (χ4v) is 2.54. The molecule has 1 aliphatic rings. The fourth-order valence-electron chi connectivity index (χ4n) is 2.54. The zero-order valence-electron chi connectivity index (χ0n) is 13.6. The lowest BCUT2D eigenvalue weighted by molar-refractivity contribution is -0.118. The molecule has 126 valence electrons. The fraction of sp³-hybridized carbons (Fsp3) is 0.353. The van der Waals surface area contributed by atoms with E-state index >= 15 is 0 Å². The number of rotatable bonds is 6. The molecule has 1 fully saturated rings. The molecule has 2 heterocycles. The van der Waals surface area contributed by atoms with Gasteiger partial charge in [0.1, 0.15) is 0 Å². The summed E-state index contributed by atoms with van der Waals surface area (Å²) in [6.07, 6.45) is 5.56. The van der Waals surface area contributed by atoms with Gasteiger partial charge >= 0.3 is 0 Å². The molecular formula is C17H20N4O3. The number of nitrogens with zero attached hydrogens (tertiary/aromatic N) is 3. The summed E-state index contributed by atoms with van der Waals surface area (Å²) in [6.45, 7) is 1.85. The Morgan fingerprint density at radius 1 is 1.17 bits per heavy atom. The SMILES string of the molecule is COc1ccccc1OCC(=O)Nc1cnc(N2CCCC2)nc1. The second-order valence-corrected chi connectivity index (χ2v) is 5.45. The van der Waals surface area contributed by atoms with Gasteiger partial charge in [0, 0.05) is 13.1 Å². The number of hydrogen-bond acceptors (Lipinski definition) is 6. The number of para-hydroxylation sites is 2. The van der Waals surface area contributed by atoms with Crippen molar-refractivity contribution in [3.63, 3.8) is 0 Å². The summed E-state index contributed by atoms with van der Waals surface area (Å²) in [7, 11) is 1.56. The van der Waals surface area contributed by atoms with Crippen LogP contribution in [0.15, 0.2) is 36.7 Å². The van der Waals surface area contributed by atoms with Crippen molar-refractivity contribution in [2.45, 2.75) is 12.8 Å². The average molecular weight is 328 g/mol. The van der Waals surface area contributed by atoms with Gasteiger partial charge in [0.2, 0.25) is 5.95 Å². The summed E-state index contributed by atoms with van der Waals surface area (Å²) in [6, 6.07) is 7.18. The number of anilines is 2. The van der Waals surface area contributed by atoms with Gasteiger partial charge in [-0.2, -0.15) is 0 Å². The van der Waals surface area contributed by atoms with Crippen molar-refractivity contribution in [3.8, 4) is 11.5 Å². The van der Waals surface area contributed by atoms with E-state index in [1.807, 2.05) is 12.1 Å². The quantitative estimate of drug-likeness (QED) is 0.875. The van der Waals surface area contributed by atoms with E-state index in [0.717, 1.165) is 13.1 Å². The van der Waals surface area contributed by atoms with Crippen LogP contribution in [0.3, 0.4) is 0 Å². The molecular weight excluding hydrogens is 308 g/mol. The van der Waals surface area contributed by atoms with Gasteiger partial charge in [0.05, 0.1) is 25.2 Å². The van der Waals surface area contributed by atoms with Crippen molar-refractivity contribution in [1.82, 2.24) is 9.97 Å². The largest absolute Gasteiger partial charge is 0.493 e. The van der Waals surface area contributed by atoms with E-state index in [9.17, 15) is 4.79 Å². The van der Waals surface area contributed by atoms with Crippen LogP contribution in [0.1, 0.15) is 12.8 Å². The molecule has 0 spiro atoms. The number of carbonyl (C=O) groups excluding carboxylic acids is 1. The van der Waals surface area contributed by atoms with Crippen molar-refractivity contribution in [2.24, 2.45) is 0 Å². The summed E-state index contributed by atoms with van der Waals surface area (Å²) in [5.41, 5.74) is 0.548. The van der Waals surface area contributed by atoms with Crippen LogP contribution >= 0.6 is 0 Å². The van der Waals surface area contributed by atoms with Crippen molar-refractivity contribution in [3.05, 3.63) is 36.7 Å². The zero-order chi connectivity index (χ0) is 16.8. The lowest BCUT2D eigenvalue weighted by Crippen LogP contribution is -2.22. The van der Waals surface area contributed by atoms with Crippen LogP contribution in [0.25, 0.3) is 0 Å². The lowest BCUT2D eigenvalue weighted by Gasteiger charge is -2.15. The molecule has 1 saturated heterocycles. The van der Waals surface area contributed by atoms with Crippen LogP contribution in [0.5, 0.6) is 11.5 Å². The number of methoxy groups -OCH3 is 1. The van der Waals surface area contributed by atoms with Crippen molar-refractivity contribution < 1.29 is 14.3 Å². The Kier molecular flexibility index (Phi) is 5.10. The molecule has 3 rings (SSSR count). The van der Waals surface area contributed by atoms with E-state index in [1.54, 1.807) is 31.6 Å². The summed E-state index contributed by atoms with van der Waals surface area (Å²) in [4.78, 5) is 22.7. The number of hydrogen-bond donors (Lipinski definition) is 1. The zero-order valence-corrected chi connectivity index (χ0v) is 13.6. The van der Waals surface area contributed by atoms with Crippen LogP contribution in [-0.2, 0) is 4.79 Å².